The van der Waals surface area contributed by atoms with Crippen LogP contribution < -0.4 is 0 Å². The molecule has 0 aromatic carbocycles. The molecule has 2 heterocycles. The van der Waals surface area contributed by atoms with Crippen LogP contribution in [0, 0.1) is 0 Å². The van der Waals surface area contributed by atoms with E-state index in [1.165, 1.54) is 6.20 Å². The number of nitrogens with zero attached hydrogens (tertiary/aromatic N) is 3. The van der Waals surface area contributed by atoms with Gasteiger partial charge in [-0.05, 0) is 6.42 Å². The molecule has 0 spiro atoms. The summed E-state index contributed by atoms with van der Waals surface area (Å²) in [5, 5.41) is 13.0. The molecular weight excluding hydrogens is 154 g/mol. The first-order valence-corrected chi connectivity index (χ1v) is 3.83. The standard InChI is InChI=1S/C8H9N3O/c1-2-6-5-11-8(10-6)3-7(12)4-9-11/h3-5,12H,2H2,1H3. The second-order valence-corrected chi connectivity index (χ2v) is 2.60. The number of aromatic hydroxyl groups is 1. The Balaban J connectivity index is 2.67. The number of aryl methyl sites for hydroxylation is 1. The number of hydrogen-bond acceptors (Lipinski definition) is 3. The summed E-state index contributed by atoms with van der Waals surface area (Å²) in [6, 6.07) is 1.59. The van der Waals surface area contributed by atoms with E-state index in [1.807, 2.05) is 13.1 Å². The fraction of sp³-hybridized carbons (Fsp3) is 0.250. The van der Waals surface area contributed by atoms with E-state index in [9.17, 15) is 0 Å². The lowest BCUT2D eigenvalue weighted by Crippen LogP contribution is -1.86. The van der Waals surface area contributed by atoms with Gasteiger partial charge in [0.05, 0.1) is 18.1 Å². The van der Waals surface area contributed by atoms with Crippen LogP contribution in [-0.4, -0.2) is 19.7 Å². The zero-order chi connectivity index (χ0) is 8.55. The highest BCUT2D eigenvalue weighted by Gasteiger charge is 2.00. The van der Waals surface area contributed by atoms with Gasteiger partial charge in [-0.15, -0.1) is 0 Å². The summed E-state index contributed by atoms with van der Waals surface area (Å²) in [5.41, 5.74) is 1.67. The van der Waals surface area contributed by atoms with Crippen LogP contribution in [0.25, 0.3) is 5.65 Å². The monoisotopic (exact) mass is 163 g/mol. The Bertz CT molecular complexity index is 408. The van der Waals surface area contributed by atoms with Crippen LogP contribution in [0.2, 0.25) is 0 Å². The van der Waals surface area contributed by atoms with Gasteiger partial charge in [-0.2, -0.15) is 5.10 Å². The van der Waals surface area contributed by atoms with Gasteiger partial charge < -0.3 is 5.11 Å². The lowest BCUT2D eigenvalue weighted by atomic mass is 10.4. The number of rotatable bonds is 1. The molecule has 1 N–H and O–H groups in total. The molecule has 12 heavy (non-hydrogen) atoms. The van der Waals surface area contributed by atoms with Crippen molar-refractivity contribution < 1.29 is 5.11 Å². The first-order valence-electron chi connectivity index (χ1n) is 3.83. The molecular formula is C8H9N3O. The highest BCUT2D eigenvalue weighted by atomic mass is 16.3. The Morgan fingerprint density at radius 2 is 2.42 bits per heavy atom. The fourth-order valence-corrected chi connectivity index (χ4v) is 1.09. The minimum Gasteiger partial charge on any atom is -0.506 e. The highest BCUT2D eigenvalue weighted by molar-refractivity contribution is 5.42. The SMILES string of the molecule is CCc1cn2ncc(O)cc2n1. The molecule has 0 saturated heterocycles. The molecule has 2 rings (SSSR count). The third-order valence-electron chi connectivity index (χ3n) is 1.72. The van der Waals surface area contributed by atoms with Crippen LogP contribution in [0.15, 0.2) is 18.5 Å². The summed E-state index contributed by atoms with van der Waals surface area (Å²) >= 11 is 0. The first-order chi connectivity index (χ1) is 5.79. The van der Waals surface area contributed by atoms with Gasteiger partial charge in [0.15, 0.2) is 5.65 Å². The topological polar surface area (TPSA) is 50.4 Å². The molecule has 0 atom stereocenters. The van der Waals surface area contributed by atoms with E-state index in [0.717, 1.165) is 12.1 Å². The summed E-state index contributed by atoms with van der Waals surface area (Å²) < 4.78 is 1.65. The number of fused-ring (bicyclic) bond motifs is 1. The maximum atomic E-state index is 9.10. The third-order valence-corrected chi connectivity index (χ3v) is 1.72. The van der Waals surface area contributed by atoms with Crippen molar-refractivity contribution in [2.24, 2.45) is 0 Å². The molecule has 0 radical (unpaired) electrons. The van der Waals surface area contributed by atoms with Gasteiger partial charge in [0, 0.05) is 6.07 Å². The average Bonchev–Trinajstić information content (AvgIpc) is 2.46. The summed E-state index contributed by atoms with van der Waals surface area (Å²) in [5.74, 6) is 0.149. The molecule has 0 amide bonds. The second kappa shape index (κ2) is 2.48. The molecule has 4 heteroatoms. The lowest BCUT2D eigenvalue weighted by Gasteiger charge is -1.90. The van der Waals surface area contributed by atoms with E-state index in [-0.39, 0.29) is 5.75 Å². The van der Waals surface area contributed by atoms with Crippen LogP contribution in [0.4, 0.5) is 0 Å². The predicted molar refractivity (Wildman–Crippen MR) is 44.0 cm³/mol. The minimum absolute atomic E-state index is 0.149. The highest BCUT2D eigenvalue weighted by Crippen LogP contribution is 2.10. The van der Waals surface area contributed by atoms with Gasteiger partial charge in [0.2, 0.25) is 0 Å². The van der Waals surface area contributed by atoms with E-state index in [2.05, 4.69) is 10.1 Å². The zero-order valence-corrected chi connectivity index (χ0v) is 6.73. The number of hydrogen-bond donors (Lipinski definition) is 1. The smallest absolute Gasteiger partial charge is 0.157 e. The van der Waals surface area contributed by atoms with Crippen LogP contribution >= 0.6 is 0 Å². The van der Waals surface area contributed by atoms with Crippen LogP contribution in [-0.2, 0) is 6.42 Å². The first kappa shape index (κ1) is 7.09. The van der Waals surface area contributed by atoms with Gasteiger partial charge in [-0.25, -0.2) is 9.50 Å². The summed E-state index contributed by atoms with van der Waals surface area (Å²) in [7, 11) is 0. The molecule has 62 valence electrons. The van der Waals surface area contributed by atoms with Crippen molar-refractivity contribution in [1.29, 1.82) is 0 Å². The Kier molecular flexibility index (Phi) is 1.46. The van der Waals surface area contributed by atoms with Crippen LogP contribution in [0.3, 0.4) is 0 Å². The van der Waals surface area contributed by atoms with Crippen molar-refractivity contribution in [3.8, 4) is 5.75 Å². The number of aromatic nitrogens is 3. The molecule has 0 unspecified atom stereocenters. The molecule has 0 aliphatic heterocycles. The quantitative estimate of drug-likeness (QED) is 0.682. The predicted octanol–water partition coefficient (Wildman–Crippen LogP) is 0.997. The van der Waals surface area contributed by atoms with E-state index >= 15 is 0 Å². The molecule has 0 aliphatic rings. The van der Waals surface area contributed by atoms with Gasteiger partial charge in [-0.3, -0.25) is 0 Å². The van der Waals surface area contributed by atoms with Crippen LogP contribution in [0.5, 0.6) is 5.75 Å². The molecule has 2 aromatic heterocycles. The van der Waals surface area contributed by atoms with Gasteiger partial charge in [0.25, 0.3) is 0 Å². The van der Waals surface area contributed by atoms with E-state index in [1.54, 1.807) is 10.6 Å². The van der Waals surface area contributed by atoms with Crippen molar-refractivity contribution in [1.82, 2.24) is 14.6 Å². The van der Waals surface area contributed by atoms with E-state index in [4.69, 9.17) is 5.11 Å². The maximum Gasteiger partial charge on any atom is 0.157 e. The van der Waals surface area contributed by atoms with Crippen molar-refractivity contribution in [3.05, 3.63) is 24.2 Å². The van der Waals surface area contributed by atoms with Gasteiger partial charge in [-0.1, -0.05) is 6.92 Å². The second-order valence-electron chi connectivity index (χ2n) is 2.60. The van der Waals surface area contributed by atoms with E-state index in [0.29, 0.717) is 5.65 Å². The lowest BCUT2D eigenvalue weighted by molar-refractivity contribution is 0.471. The Morgan fingerprint density at radius 3 is 3.17 bits per heavy atom. The molecule has 0 bridgehead atoms. The zero-order valence-electron chi connectivity index (χ0n) is 6.73. The van der Waals surface area contributed by atoms with Gasteiger partial charge in [0.1, 0.15) is 5.75 Å². The fourth-order valence-electron chi connectivity index (χ4n) is 1.09. The van der Waals surface area contributed by atoms with Crippen molar-refractivity contribution >= 4 is 5.65 Å². The van der Waals surface area contributed by atoms with Crippen LogP contribution in [0.1, 0.15) is 12.6 Å². The largest absolute Gasteiger partial charge is 0.506 e. The third kappa shape index (κ3) is 1.01. The van der Waals surface area contributed by atoms with Crippen molar-refractivity contribution in [2.45, 2.75) is 13.3 Å². The van der Waals surface area contributed by atoms with Gasteiger partial charge >= 0.3 is 0 Å². The number of imidazole rings is 1. The molecule has 2 aromatic rings. The summed E-state index contributed by atoms with van der Waals surface area (Å²) in [6.45, 7) is 2.03. The molecule has 0 saturated carbocycles. The maximum absolute atomic E-state index is 9.10. The minimum atomic E-state index is 0.149. The van der Waals surface area contributed by atoms with Crippen molar-refractivity contribution in [2.75, 3.05) is 0 Å². The van der Waals surface area contributed by atoms with Crippen molar-refractivity contribution in [3.63, 3.8) is 0 Å². The summed E-state index contributed by atoms with van der Waals surface area (Å²) in [4.78, 5) is 4.23. The summed E-state index contributed by atoms with van der Waals surface area (Å²) in [6.07, 6.45) is 4.13. The average molecular weight is 163 g/mol. The van der Waals surface area contributed by atoms with E-state index < -0.39 is 0 Å². The molecule has 0 aliphatic carbocycles. The Hall–Kier alpha value is -1.58. The Labute approximate surface area is 69.5 Å². The normalized spacial score (nSPS) is 10.8. The Morgan fingerprint density at radius 1 is 1.58 bits per heavy atom. The molecule has 4 nitrogen and oxygen atoms in total. The molecule has 0 fully saturated rings.